The number of alkyl halides is 6. The van der Waals surface area contributed by atoms with Crippen molar-refractivity contribution < 1.29 is 56.0 Å². The van der Waals surface area contributed by atoms with Gasteiger partial charge < -0.3 is 31.3 Å². The third-order valence-electron chi connectivity index (χ3n) is 6.19. The van der Waals surface area contributed by atoms with E-state index in [4.69, 9.17) is 25.5 Å². The van der Waals surface area contributed by atoms with Crippen molar-refractivity contribution >= 4 is 28.7 Å². The SMILES string of the molecule is CN1CCC(O)(CNCc2ccc(-n3cc4cccc(C(N)=O)c4n3)cc2)CC1.O=C(O)C(F)(F)F.O=C(O)C(F)(F)F. The zero-order valence-corrected chi connectivity index (χ0v) is 22.6. The van der Waals surface area contributed by atoms with E-state index in [0.717, 1.165) is 42.6 Å². The first-order valence-corrected chi connectivity index (χ1v) is 12.4. The first-order chi connectivity index (χ1) is 19.8. The molecule has 0 radical (unpaired) electrons. The van der Waals surface area contributed by atoms with Crippen molar-refractivity contribution in [3.63, 3.8) is 0 Å². The van der Waals surface area contributed by atoms with E-state index >= 15 is 0 Å². The lowest BCUT2D eigenvalue weighted by molar-refractivity contribution is -0.193. The average Bonchev–Trinajstić information content (AvgIpc) is 3.35. The molecule has 1 fully saturated rings. The summed E-state index contributed by atoms with van der Waals surface area (Å²) < 4.78 is 65.2. The first kappa shape index (κ1) is 35.0. The number of hydrogen-bond donors (Lipinski definition) is 5. The van der Waals surface area contributed by atoms with Crippen molar-refractivity contribution in [2.45, 2.75) is 37.3 Å². The predicted octanol–water partition coefficient (Wildman–Crippen LogP) is 2.94. The molecule has 1 aliphatic rings. The molecule has 0 spiro atoms. The number of nitrogens with one attached hydrogen (secondary N) is 1. The minimum absolute atomic E-state index is 0.425. The number of hydrogen-bond acceptors (Lipinski definition) is 7. The van der Waals surface area contributed by atoms with Crippen LogP contribution in [0, 0.1) is 0 Å². The zero-order valence-electron chi connectivity index (χ0n) is 22.6. The van der Waals surface area contributed by atoms with Gasteiger partial charge in [0.1, 0.15) is 5.52 Å². The smallest absolute Gasteiger partial charge is 0.475 e. The molecule has 4 rings (SSSR count). The van der Waals surface area contributed by atoms with Crippen LogP contribution in [0.5, 0.6) is 0 Å². The van der Waals surface area contributed by atoms with Gasteiger partial charge in [-0.2, -0.15) is 31.4 Å². The van der Waals surface area contributed by atoms with Gasteiger partial charge in [-0.25, -0.2) is 14.3 Å². The van der Waals surface area contributed by atoms with Crippen LogP contribution in [0.15, 0.2) is 48.7 Å². The Morgan fingerprint density at radius 3 is 1.93 bits per heavy atom. The summed E-state index contributed by atoms with van der Waals surface area (Å²) in [6, 6.07) is 13.5. The van der Waals surface area contributed by atoms with Gasteiger partial charge in [-0.15, -0.1) is 0 Å². The van der Waals surface area contributed by atoms with Crippen molar-refractivity contribution in [2.75, 3.05) is 26.7 Å². The lowest BCUT2D eigenvalue weighted by Crippen LogP contribution is -2.48. The molecule has 11 nitrogen and oxygen atoms in total. The summed E-state index contributed by atoms with van der Waals surface area (Å²) in [7, 11) is 2.09. The largest absolute Gasteiger partial charge is 0.490 e. The van der Waals surface area contributed by atoms with Gasteiger partial charge in [0.05, 0.1) is 16.9 Å². The van der Waals surface area contributed by atoms with Gasteiger partial charge >= 0.3 is 24.3 Å². The molecule has 1 aromatic heterocycles. The molecular formula is C26H29F6N5O6. The molecule has 0 saturated carbocycles. The number of halogens is 6. The van der Waals surface area contributed by atoms with E-state index in [1.54, 1.807) is 10.7 Å². The molecule has 1 saturated heterocycles. The topological polar surface area (TPSA) is 171 Å². The summed E-state index contributed by atoms with van der Waals surface area (Å²) in [5.74, 6) is -5.99. The maximum atomic E-state index is 11.6. The summed E-state index contributed by atoms with van der Waals surface area (Å²) in [6.07, 6.45) is -6.67. The van der Waals surface area contributed by atoms with Gasteiger partial charge in [-0.3, -0.25) is 4.79 Å². The van der Waals surface area contributed by atoms with Gasteiger partial charge in [-0.1, -0.05) is 24.3 Å². The van der Waals surface area contributed by atoms with E-state index < -0.39 is 35.8 Å². The number of amides is 1. The Balaban J connectivity index is 0.000000384. The molecule has 3 aromatic rings. The van der Waals surface area contributed by atoms with Crippen LogP contribution in [0.3, 0.4) is 0 Å². The summed E-state index contributed by atoms with van der Waals surface area (Å²) in [6.45, 7) is 3.17. The minimum atomic E-state index is -5.08. The van der Waals surface area contributed by atoms with Crippen LogP contribution in [0.4, 0.5) is 26.3 Å². The highest BCUT2D eigenvalue weighted by Gasteiger charge is 2.39. The lowest BCUT2D eigenvalue weighted by atomic mass is 9.91. The number of benzene rings is 2. The number of aliphatic hydroxyl groups is 1. The number of nitrogens with two attached hydrogens (primary N) is 1. The molecule has 0 unspecified atom stereocenters. The second-order valence-corrected chi connectivity index (χ2v) is 9.58. The number of carboxylic acid groups (broad SMARTS) is 2. The number of primary amides is 1. The molecule has 43 heavy (non-hydrogen) atoms. The summed E-state index contributed by atoms with van der Waals surface area (Å²) in [5, 5.41) is 33.7. The number of nitrogens with zero attached hydrogens (tertiary/aromatic N) is 3. The molecule has 0 atom stereocenters. The summed E-state index contributed by atoms with van der Waals surface area (Å²) in [5.41, 5.74) is 7.92. The third-order valence-corrected chi connectivity index (χ3v) is 6.19. The van der Waals surface area contributed by atoms with Gasteiger partial charge in [0.15, 0.2) is 0 Å². The maximum Gasteiger partial charge on any atom is 0.490 e. The molecule has 236 valence electrons. The van der Waals surface area contributed by atoms with E-state index in [1.165, 1.54) is 0 Å². The van der Waals surface area contributed by atoms with Crippen molar-refractivity contribution in [1.82, 2.24) is 20.0 Å². The molecule has 0 bridgehead atoms. The standard InChI is InChI=1S/C22H27N5O2.2C2HF3O2/c1-26-11-9-22(29,10-12-26)15-24-13-16-5-7-18(8-6-16)27-14-17-3-2-4-19(21(23)28)20(17)25-27;2*3-2(4,5)1(6)7/h2-8,14,24,29H,9-13,15H2,1H3,(H2,23,28);2*(H,6,7). The Hall–Kier alpha value is -4.22. The molecule has 1 aliphatic heterocycles. The van der Waals surface area contributed by atoms with Crippen LogP contribution in [-0.2, 0) is 16.1 Å². The van der Waals surface area contributed by atoms with E-state index in [2.05, 4.69) is 22.4 Å². The lowest BCUT2D eigenvalue weighted by Gasteiger charge is -2.36. The predicted molar refractivity (Wildman–Crippen MR) is 140 cm³/mol. The third kappa shape index (κ3) is 10.8. The van der Waals surface area contributed by atoms with Crippen LogP contribution in [0.25, 0.3) is 16.6 Å². The van der Waals surface area contributed by atoms with E-state index in [0.29, 0.717) is 24.2 Å². The number of aromatic nitrogens is 2. The zero-order chi connectivity index (χ0) is 32.6. The summed E-state index contributed by atoms with van der Waals surface area (Å²) in [4.78, 5) is 31.6. The Morgan fingerprint density at radius 1 is 0.953 bits per heavy atom. The second-order valence-electron chi connectivity index (χ2n) is 9.58. The van der Waals surface area contributed by atoms with Crippen LogP contribution in [0.1, 0.15) is 28.8 Å². The van der Waals surface area contributed by atoms with Crippen molar-refractivity contribution in [3.8, 4) is 5.69 Å². The number of carboxylic acids is 2. The van der Waals surface area contributed by atoms with E-state index in [-0.39, 0.29) is 0 Å². The fourth-order valence-corrected chi connectivity index (χ4v) is 3.79. The van der Waals surface area contributed by atoms with Gasteiger partial charge in [-0.05, 0) is 43.7 Å². The Labute approximate surface area is 240 Å². The van der Waals surface area contributed by atoms with Crippen LogP contribution in [0.2, 0.25) is 0 Å². The Kier molecular flexibility index (Phi) is 11.6. The van der Waals surface area contributed by atoms with Crippen molar-refractivity contribution in [1.29, 1.82) is 0 Å². The fourth-order valence-electron chi connectivity index (χ4n) is 3.79. The molecule has 2 aromatic carbocycles. The highest BCUT2D eigenvalue weighted by Crippen LogP contribution is 2.22. The highest BCUT2D eigenvalue weighted by atomic mass is 19.4. The molecule has 17 heteroatoms. The molecule has 6 N–H and O–H groups in total. The monoisotopic (exact) mass is 621 g/mol. The Bertz CT molecular complexity index is 1380. The van der Waals surface area contributed by atoms with Crippen LogP contribution >= 0.6 is 0 Å². The van der Waals surface area contributed by atoms with E-state index in [9.17, 15) is 36.2 Å². The van der Waals surface area contributed by atoms with Gasteiger partial charge in [0.2, 0.25) is 0 Å². The van der Waals surface area contributed by atoms with Crippen LogP contribution in [-0.4, -0.2) is 92.5 Å². The van der Waals surface area contributed by atoms with Crippen molar-refractivity contribution in [3.05, 3.63) is 59.8 Å². The minimum Gasteiger partial charge on any atom is -0.475 e. The normalized spacial score (nSPS) is 15.1. The summed E-state index contributed by atoms with van der Waals surface area (Å²) >= 11 is 0. The average molecular weight is 622 g/mol. The number of rotatable bonds is 6. The van der Waals surface area contributed by atoms with Crippen LogP contribution < -0.4 is 11.1 Å². The number of carbonyl (C=O) groups excluding carboxylic acids is 1. The molecule has 2 heterocycles. The van der Waals surface area contributed by atoms with Gasteiger partial charge in [0.25, 0.3) is 5.91 Å². The second kappa shape index (κ2) is 14.3. The number of carbonyl (C=O) groups is 3. The molecular weight excluding hydrogens is 592 g/mol. The molecule has 1 amide bonds. The highest BCUT2D eigenvalue weighted by molar-refractivity contribution is 6.04. The number of aliphatic carboxylic acids is 2. The number of piperidine rings is 1. The fraction of sp³-hybridized carbons (Fsp3) is 0.385. The Morgan fingerprint density at radius 2 is 1.47 bits per heavy atom. The van der Waals surface area contributed by atoms with E-state index in [1.807, 2.05) is 42.6 Å². The quantitative estimate of drug-likeness (QED) is 0.260. The van der Waals surface area contributed by atoms with Gasteiger partial charge in [0, 0.05) is 37.8 Å². The first-order valence-electron chi connectivity index (χ1n) is 12.4. The maximum absolute atomic E-state index is 11.6. The van der Waals surface area contributed by atoms with Crippen molar-refractivity contribution in [2.24, 2.45) is 5.73 Å². The number of likely N-dealkylation sites (tertiary alicyclic amines) is 1. The molecule has 0 aliphatic carbocycles. The number of fused-ring (bicyclic) bond motifs is 1.